The van der Waals surface area contributed by atoms with Crippen LogP contribution in [0.25, 0.3) is 0 Å². The van der Waals surface area contributed by atoms with Crippen molar-refractivity contribution in [3.05, 3.63) is 34.9 Å². The monoisotopic (exact) mass is 287 g/mol. The van der Waals surface area contributed by atoms with E-state index in [9.17, 15) is 0 Å². The molecule has 102 valence electrons. The van der Waals surface area contributed by atoms with Crippen LogP contribution in [0.5, 0.6) is 0 Å². The zero-order valence-electron chi connectivity index (χ0n) is 11.1. The third-order valence-corrected chi connectivity index (χ3v) is 4.57. The Bertz CT molecular complexity index is 348. The maximum Gasteiger partial charge on any atom is 0.0470 e. The normalized spacial score (nSPS) is 14.4. The topological polar surface area (TPSA) is 35.2 Å². The molecule has 4 heteroatoms. The molecule has 2 unspecified atom stereocenters. The van der Waals surface area contributed by atoms with Crippen LogP contribution in [0, 0.1) is 0 Å². The van der Waals surface area contributed by atoms with Crippen LogP contribution in [0.1, 0.15) is 30.6 Å². The maximum atomic E-state index is 6.22. The molecule has 0 saturated heterocycles. The Balaban J connectivity index is 2.66. The van der Waals surface area contributed by atoms with Gasteiger partial charge in [-0.1, -0.05) is 30.7 Å². The highest BCUT2D eigenvalue weighted by molar-refractivity contribution is 7.99. The van der Waals surface area contributed by atoms with Gasteiger partial charge in [0.25, 0.3) is 0 Å². The Morgan fingerprint density at radius 3 is 2.83 bits per heavy atom. The predicted molar refractivity (Wildman–Crippen MR) is 81.4 cm³/mol. The molecule has 0 aliphatic rings. The number of benzene rings is 1. The molecule has 2 nitrogen and oxygen atoms in total. The lowest BCUT2D eigenvalue weighted by atomic mass is 10.0. The smallest absolute Gasteiger partial charge is 0.0470 e. The van der Waals surface area contributed by atoms with Crippen LogP contribution >= 0.6 is 23.4 Å². The molecule has 0 aliphatic carbocycles. The molecule has 1 rings (SSSR count). The molecule has 1 aromatic carbocycles. The van der Waals surface area contributed by atoms with E-state index >= 15 is 0 Å². The van der Waals surface area contributed by atoms with Gasteiger partial charge in [0.05, 0.1) is 0 Å². The molecule has 2 atom stereocenters. The quantitative estimate of drug-likeness (QED) is 0.737. The Kier molecular flexibility index (Phi) is 7.75. The summed E-state index contributed by atoms with van der Waals surface area (Å²) < 4.78 is 5.07. The molecule has 18 heavy (non-hydrogen) atoms. The van der Waals surface area contributed by atoms with Gasteiger partial charge in [-0.25, -0.2) is 0 Å². The molecule has 1 aromatic rings. The van der Waals surface area contributed by atoms with Crippen LogP contribution in [0.3, 0.4) is 0 Å². The van der Waals surface area contributed by atoms with E-state index in [1.165, 1.54) is 5.56 Å². The van der Waals surface area contributed by atoms with Gasteiger partial charge in [-0.15, -0.1) is 0 Å². The van der Waals surface area contributed by atoms with E-state index < -0.39 is 0 Å². The van der Waals surface area contributed by atoms with Crippen molar-refractivity contribution < 1.29 is 4.74 Å². The molecule has 0 radical (unpaired) electrons. The maximum absolute atomic E-state index is 6.22. The minimum absolute atomic E-state index is 0.163. The molecule has 0 saturated carbocycles. The zero-order chi connectivity index (χ0) is 13.4. The molecule has 0 spiro atoms. The number of nitrogens with two attached hydrogens (primary N) is 1. The first-order chi connectivity index (χ1) is 8.69. The van der Waals surface area contributed by atoms with E-state index in [0.717, 1.165) is 30.2 Å². The first-order valence-corrected chi connectivity index (χ1v) is 7.73. The highest BCUT2D eigenvalue weighted by Gasteiger charge is 2.18. The predicted octanol–water partition coefficient (Wildman–Crippen LogP) is 3.89. The lowest BCUT2D eigenvalue weighted by Crippen LogP contribution is -2.26. The molecular formula is C14H22ClNOS. The van der Waals surface area contributed by atoms with E-state index in [1.54, 1.807) is 7.11 Å². The highest BCUT2D eigenvalue weighted by atomic mass is 35.5. The van der Waals surface area contributed by atoms with E-state index in [2.05, 4.69) is 13.0 Å². The van der Waals surface area contributed by atoms with Gasteiger partial charge in [0.15, 0.2) is 0 Å². The number of hydrogen-bond donors (Lipinski definition) is 1. The fourth-order valence-corrected chi connectivity index (χ4v) is 3.29. The highest BCUT2D eigenvalue weighted by Crippen LogP contribution is 2.34. The van der Waals surface area contributed by atoms with Gasteiger partial charge in [0, 0.05) is 30.0 Å². The minimum Gasteiger partial charge on any atom is -0.385 e. The van der Waals surface area contributed by atoms with E-state index in [1.807, 2.05) is 30.0 Å². The number of hydrogen-bond acceptors (Lipinski definition) is 3. The van der Waals surface area contributed by atoms with Gasteiger partial charge in [-0.2, -0.15) is 11.8 Å². The second-order valence-electron chi connectivity index (χ2n) is 4.26. The Labute approximate surface area is 119 Å². The third kappa shape index (κ3) is 5.19. The molecular weight excluding hydrogens is 266 g/mol. The summed E-state index contributed by atoms with van der Waals surface area (Å²) in [6, 6.07) is 8.18. The van der Waals surface area contributed by atoms with Crippen molar-refractivity contribution >= 4 is 23.4 Å². The molecule has 0 aliphatic heterocycles. The first-order valence-electron chi connectivity index (χ1n) is 6.30. The van der Waals surface area contributed by atoms with Crippen molar-refractivity contribution in [2.45, 2.75) is 31.1 Å². The van der Waals surface area contributed by atoms with Crippen molar-refractivity contribution in [2.24, 2.45) is 5.73 Å². The molecule has 0 aromatic heterocycles. The van der Waals surface area contributed by atoms with Crippen molar-refractivity contribution in [3.63, 3.8) is 0 Å². The van der Waals surface area contributed by atoms with Crippen LogP contribution in [0.2, 0.25) is 5.02 Å². The Morgan fingerprint density at radius 2 is 2.22 bits per heavy atom. The van der Waals surface area contributed by atoms with Crippen molar-refractivity contribution in [2.75, 3.05) is 19.5 Å². The lowest BCUT2D eigenvalue weighted by molar-refractivity contribution is 0.200. The number of thioether (sulfide) groups is 1. The zero-order valence-corrected chi connectivity index (χ0v) is 12.6. The molecule has 2 N–H and O–H groups in total. The van der Waals surface area contributed by atoms with E-state index in [-0.39, 0.29) is 6.04 Å². The molecule has 0 amide bonds. The Hall–Kier alpha value is -0.220. The van der Waals surface area contributed by atoms with Crippen molar-refractivity contribution in [1.82, 2.24) is 0 Å². The van der Waals surface area contributed by atoms with Crippen molar-refractivity contribution in [3.8, 4) is 0 Å². The Morgan fingerprint density at radius 1 is 1.44 bits per heavy atom. The van der Waals surface area contributed by atoms with Gasteiger partial charge in [0.1, 0.15) is 0 Å². The van der Waals surface area contributed by atoms with E-state index in [4.69, 9.17) is 22.1 Å². The second kappa shape index (κ2) is 8.81. The van der Waals surface area contributed by atoms with Gasteiger partial charge in [0.2, 0.25) is 0 Å². The SMILES string of the molecule is CCC(N)C(SCCCOC)c1cccc(Cl)c1. The molecule has 0 fully saturated rings. The minimum atomic E-state index is 0.163. The third-order valence-electron chi connectivity index (χ3n) is 2.83. The van der Waals surface area contributed by atoms with Gasteiger partial charge < -0.3 is 10.5 Å². The van der Waals surface area contributed by atoms with Gasteiger partial charge in [-0.3, -0.25) is 0 Å². The fraction of sp³-hybridized carbons (Fsp3) is 0.571. The van der Waals surface area contributed by atoms with Gasteiger partial charge in [-0.05, 0) is 36.3 Å². The summed E-state index contributed by atoms with van der Waals surface area (Å²) in [6.45, 7) is 2.93. The number of ether oxygens (including phenoxy) is 1. The van der Waals surface area contributed by atoms with E-state index in [0.29, 0.717) is 5.25 Å². The van der Waals surface area contributed by atoms with Crippen LogP contribution < -0.4 is 5.73 Å². The largest absolute Gasteiger partial charge is 0.385 e. The summed E-state index contributed by atoms with van der Waals surface area (Å²) in [5.74, 6) is 1.05. The van der Waals surface area contributed by atoms with Gasteiger partial charge >= 0.3 is 0 Å². The number of rotatable bonds is 8. The van der Waals surface area contributed by atoms with Crippen molar-refractivity contribution in [1.29, 1.82) is 0 Å². The fourth-order valence-electron chi connectivity index (χ4n) is 1.78. The summed E-state index contributed by atoms with van der Waals surface area (Å²) in [5.41, 5.74) is 7.44. The summed E-state index contributed by atoms with van der Waals surface area (Å²) in [7, 11) is 1.73. The van der Waals surface area contributed by atoms with Crippen LogP contribution in [0.15, 0.2) is 24.3 Å². The van der Waals surface area contributed by atoms with Crippen LogP contribution in [-0.2, 0) is 4.74 Å². The summed E-state index contributed by atoms with van der Waals surface area (Å²) >= 11 is 7.94. The van der Waals surface area contributed by atoms with Crippen LogP contribution in [0.4, 0.5) is 0 Å². The molecule has 0 bridgehead atoms. The lowest BCUT2D eigenvalue weighted by Gasteiger charge is -2.23. The summed E-state index contributed by atoms with van der Waals surface area (Å²) in [5, 5.41) is 1.09. The average molecular weight is 288 g/mol. The average Bonchev–Trinajstić information content (AvgIpc) is 2.38. The van der Waals surface area contributed by atoms with Crippen LogP contribution in [-0.4, -0.2) is 25.5 Å². The standard InChI is InChI=1S/C14H22ClNOS/c1-3-13(16)14(18-9-5-8-17-2)11-6-4-7-12(15)10-11/h4,6-7,10,13-14H,3,5,8-9,16H2,1-2H3. The molecule has 0 heterocycles. The number of methoxy groups -OCH3 is 1. The summed E-state index contributed by atoms with van der Waals surface area (Å²) in [4.78, 5) is 0. The first kappa shape index (κ1) is 15.8. The number of halogens is 1. The second-order valence-corrected chi connectivity index (χ2v) is 5.95. The summed E-state index contributed by atoms with van der Waals surface area (Å²) in [6.07, 6.45) is 2.02.